The molecule has 5 nitrogen and oxygen atoms in total. The molecule has 0 aliphatic rings. The second kappa shape index (κ2) is 6.67. The van der Waals surface area contributed by atoms with Gasteiger partial charge in [-0.25, -0.2) is 13.6 Å². The fourth-order valence-electron chi connectivity index (χ4n) is 1.34. The highest BCUT2D eigenvalue weighted by molar-refractivity contribution is 5.97. The molecule has 1 unspecified atom stereocenters. The van der Waals surface area contributed by atoms with Crippen LogP contribution < -0.4 is 16.0 Å². The highest BCUT2D eigenvalue weighted by atomic mass is 19.2. The van der Waals surface area contributed by atoms with Gasteiger partial charge < -0.3 is 10.6 Å². The summed E-state index contributed by atoms with van der Waals surface area (Å²) in [4.78, 5) is 22.7. The van der Waals surface area contributed by atoms with Crippen molar-refractivity contribution < 1.29 is 18.4 Å². The van der Waals surface area contributed by atoms with Crippen LogP contribution >= 0.6 is 0 Å². The molecule has 3 amide bonds. The van der Waals surface area contributed by atoms with Gasteiger partial charge in [-0.1, -0.05) is 6.07 Å². The standard InChI is InChI=1S/C12H15F2N3O2/c1-3-15-12(19)17-11(18)7(2)16-9-6-4-5-8(13)10(9)14/h4-7,16H,3H2,1-2H3,(H2,15,17,18,19). The summed E-state index contributed by atoms with van der Waals surface area (Å²) in [5.74, 6) is -2.73. The number of urea groups is 1. The number of hydrogen-bond acceptors (Lipinski definition) is 3. The number of carbonyl (C=O) groups is 2. The van der Waals surface area contributed by atoms with Crippen LogP contribution in [-0.4, -0.2) is 24.5 Å². The topological polar surface area (TPSA) is 70.2 Å². The van der Waals surface area contributed by atoms with E-state index in [1.165, 1.54) is 19.1 Å². The van der Waals surface area contributed by atoms with Crippen LogP contribution in [0, 0.1) is 11.6 Å². The third kappa shape index (κ3) is 4.20. The summed E-state index contributed by atoms with van der Waals surface area (Å²) in [5.41, 5.74) is -0.140. The maximum atomic E-state index is 13.4. The first kappa shape index (κ1) is 14.9. The normalized spacial score (nSPS) is 11.6. The van der Waals surface area contributed by atoms with E-state index in [9.17, 15) is 18.4 Å². The number of nitrogens with one attached hydrogen (secondary N) is 3. The summed E-state index contributed by atoms with van der Waals surface area (Å²) in [5, 5.41) is 6.94. The van der Waals surface area contributed by atoms with Crippen molar-refractivity contribution in [2.24, 2.45) is 0 Å². The molecule has 104 valence electrons. The zero-order valence-corrected chi connectivity index (χ0v) is 10.6. The molecular formula is C12H15F2N3O2. The number of rotatable bonds is 4. The second-order valence-electron chi connectivity index (χ2n) is 3.82. The van der Waals surface area contributed by atoms with Crippen LogP contribution in [0.3, 0.4) is 0 Å². The molecule has 0 aliphatic heterocycles. The fraction of sp³-hybridized carbons (Fsp3) is 0.333. The highest BCUT2D eigenvalue weighted by Gasteiger charge is 2.17. The van der Waals surface area contributed by atoms with Crippen molar-refractivity contribution in [3.8, 4) is 0 Å². The van der Waals surface area contributed by atoms with E-state index in [0.29, 0.717) is 6.54 Å². The van der Waals surface area contributed by atoms with Gasteiger partial charge in [0.25, 0.3) is 0 Å². The number of hydrogen-bond donors (Lipinski definition) is 3. The minimum Gasteiger partial charge on any atom is -0.371 e. The van der Waals surface area contributed by atoms with E-state index >= 15 is 0 Å². The molecule has 3 N–H and O–H groups in total. The molecule has 0 saturated carbocycles. The monoisotopic (exact) mass is 271 g/mol. The zero-order chi connectivity index (χ0) is 14.4. The quantitative estimate of drug-likeness (QED) is 0.779. The SMILES string of the molecule is CCNC(=O)NC(=O)C(C)Nc1cccc(F)c1F. The molecule has 1 aromatic rings. The summed E-state index contributed by atoms with van der Waals surface area (Å²) in [6, 6.07) is 2.06. The van der Waals surface area contributed by atoms with Crippen molar-refractivity contribution in [3.05, 3.63) is 29.8 Å². The third-order valence-corrected chi connectivity index (χ3v) is 2.29. The van der Waals surface area contributed by atoms with Gasteiger partial charge in [0, 0.05) is 6.54 Å². The van der Waals surface area contributed by atoms with Crippen molar-refractivity contribution in [1.29, 1.82) is 0 Å². The van der Waals surface area contributed by atoms with Crippen LogP contribution in [0.1, 0.15) is 13.8 Å². The predicted molar refractivity (Wildman–Crippen MR) is 66.7 cm³/mol. The Morgan fingerprint density at radius 1 is 1.32 bits per heavy atom. The Balaban J connectivity index is 2.64. The lowest BCUT2D eigenvalue weighted by Gasteiger charge is -2.15. The van der Waals surface area contributed by atoms with Gasteiger partial charge in [-0.3, -0.25) is 10.1 Å². The van der Waals surface area contributed by atoms with Crippen LogP contribution in [0.25, 0.3) is 0 Å². The van der Waals surface area contributed by atoms with Gasteiger partial charge in [0.1, 0.15) is 6.04 Å². The van der Waals surface area contributed by atoms with Crippen LogP contribution in [0.4, 0.5) is 19.3 Å². The van der Waals surface area contributed by atoms with E-state index in [4.69, 9.17) is 0 Å². The van der Waals surface area contributed by atoms with Crippen LogP contribution in [0.15, 0.2) is 18.2 Å². The molecule has 7 heteroatoms. The average molecular weight is 271 g/mol. The summed E-state index contributed by atoms with van der Waals surface area (Å²) < 4.78 is 26.3. The molecule has 1 rings (SSSR count). The first-order valence-corrected chi connectivity index (χ1v) is 5.75. The Morgan fingerprint density at radius 2 is 2.00 bits per heavy atom. The summed E-state index contributed by atoms with van der Waals surface area (Å²) >= 11 is 0. The molecule has 0 aromatic heterocycles. The van der Waals surface area contributed by atoms with E-state index in [2.05, 4.69) is 16.0 Å². The summed E-state index contributed by atoms with van der Waals surface area (Å²) in [6.07, 6.45) is 0. The molecule has 0 bridgehead atoms. The number of imide groups is 1. The number of carbonyl (C=O) groups excluding carboxylic acids is 2. The molecule has 0 aliphatic carbocycles. The van der Waals surface area contributed by atoms with Crippen molar-refractivity contribution in [2.75, 3.05) is 11.9 Å². The number of benzene rings is 1. The molecule has 0 fully saturated rings. The summed E-state index contributed by atoms with van der Waals surface area (Å²) in [7, 11) is 0. The van der Waals surface area contributed by atoms with E-state index < -0.39 is 29.6 Å². The van der Waals surface area contributed by atoms with Gasteiger partial charge in [0.05, 0.1) is 5.69 Å². The van der Waals surface area contributed by atoms with Gasteiger partial charge in [-0.2, -0.15) is 0 Å². The molecule has 0 radical (unpaired) electrons. The maximum absolute atomic E-state index is 13.4. The van der Waals surface area contributed by atoms with Gasteiger partial charge in [-0.15, -0.1) is 0 Å². The Kier molecular flexibility index (Phi) is 5.23. The molecule has 1 atom stereocenters. The molecule has 19 heavy (non-hydrogen) atoms. The molecular weight excluding hydrogens is 256 g/mol. The van der Waals surface area contributed by atoms with E-state index in [0.717, 1.165) is 6.07 Å². The average Bonchev–Trinajstić information content (AvgIpc) is 2.35. The smallest absolute Gasteiger partial charge is 0.321 e. The molecule has 0 heterocycles. The lowest BCUT2D eigenvalue weighted by molar-refractivity contribution is -0.120. The second-order valence-corrected chi connectivity index (χ2v) is 3.82. The van der Waals surface area contributed by atoms with E-state index in [1.807, 2.05) is 0 Å². The van der Waals surface area contributed by atoms with Crippen molar-refractivity contribution in [3.63, 3.8) is 0 Å². The van der Waals surface area contributed by atoms with Crippen LogP contribution in [0.2, 0.25) is 0 Å². The fourth-order valence-corrected chi connectivity index (χ4v) is 1.34. The largest absolute Gasteiger partial charge is 0.371 e. The number of amides is 3. The van der Waals surface area contributed by atoms with Crippen molar-refractivity contribution >= 4 is 17.6 Å². The lowest BCUT2D eigenvalue weighted by Crippen LogP contribution is -2.45. The first-order valence-electron chi connectivity index (χ1n) is 5.75. The zero-order valence-electron chi connectivity index (χ0n) is 10.6. The molecule has 0 saturated heterocycles. The van der Waals surface area contributed by atoms with Gasteiger partial charge >= 0.3 is 6.03 Å². The summed E-state index contributed by atoms with van der Waals surface area (Å²) in [6.45, 7) is 3.51. The lowest BCUT2D eigenvalue weighted by atomic mass is 10.2. The Morgan fingerprint density at radius 3 is 2.63 bits per heavy atom. The van der Waals surface area contributed by atoms with E-state index in [-0.39, 0.29) is 5.69 Å². The van der Waals surface area contributed by atoms with Gasteiger partial charge in [0.2, 0.25) is 5.91 Å². The minimum absolute atomic E-state index is 0.140. The predicted octanol–water partition coefficient (Wildman–Crippen LogP) is 1.61. The number of anilines is 1. The molecule has 0 spiro atoms. The Bertz CT molecular complexity index is 480. The van der Waals surface area contributed by atoms with Crippen molar-refractivity contribution in [1.82, 2.24) is 10.6 Å². The van der Waals surface area contributed by atoms with E-state index in [1.54, 1.807) is 6.92 Å². The Hall–Kier alpha value is -2.18. The highest BCUT2D eigenvalue weighted by Crippen LogP contribution is 2.17. The van der Waals surface area contributed by atoms with Crippen molar-refractivity contribution in [2.45, 2.75) is 19.9 Å². The van der Waals surface area contributed by atoms with Gasteiger partial charge in [0.15, 0.2) is 11.6 Å². The van der Waals surface area contributed by atoms with Crippen LogP contribution in [-0.2, 0) is 4.79 Å². The van der Waals surface area contributed by atoms with Crippen LogP contribution in [0.5, 0.6) is 0 Å². The Labute approximate surface area is 109 Å². The maximum Gasteiger partial charge on any atom is 0.321 e. The molecule has 1 aromatic carbocycles. The third-order valence-electron chi connectivity index (χ3n) is 2.29. The van der Waals surface area contributed by atoms with Gasteiger partial charge in [-0.05, 0) is 26.0 Å². The minimum atomic E-state index is -1.07. The number of halogens is 2. The first-order chi connectivity index (χ1) is 8.95.